The van der Waals surface area contributed by atoms with Crippen molar-refractivity contribution in [3.8, 4) is 0 Å². The van der Waals surface area contributed by atoms with Crippen molar-refractivity contribution in [3.05, 3.63) is 0 Å². The molecule has 0 unspecified atom stereocenters. The van der Waals surface area contributed by atoms with Crippen LogP contribution in [0.25, 0.3) is 0 Å². The van der Waals surface area contributed by atoms with Gasteiger partial charge in [0.05, 0.1) is 12.7 Å². The molecular formula is C11H23NO. The average Bonchev–Trinajstić information content (AvgIpc) is 2.03. The van der Waals surface area contributed by atoms with E-state index in [0.717, 1.165) is 25.6 Å². The van der Waals surface area contributed by atoms with E-state index in [1.54, 1.807) is 0 Å². The summed E-state index contributed by atoms with van der Waals surface area (Å²) in [6.07, 6.45) is 1.67. The molecule has 1 fully saturated rings. The molecule has 0 radical (unpaired) electrons. The molecule has 0 spiro atoms. The first-order valence-electron chi connectivity index (χ1n) is 5.45. The fraction of sp³-hybridized carbons (Fsp3) is 1.00. The van der Waals surface area contributed by atoms with E-state index < -0.39 is 0 Å². The van der Waals surface area contributed by atoms with Gasteiger partial charge in [0, 0.05) is 19.1 Å². The minimum Gasteiger partial charge on any atom is -0.376 e. The van der Waals surface area contributed by atoms with Crippen LogP contribution in [0.3, 0.4) is 0 Å². The van der Waals surface area contributed by atoms with Crippen LogP contribution in [0.15, 0.2) is 0 Å². The number of hydrogen-bond donors (Lipinski definition) is 0. The van der Waals surface area contributed by atoms with Gasteiger partial charge >= 0.3 is 0 Å². The molecule has 2 nitrogen and oxygen atoms in total. The second kappa shape index (κ2) is 4.97. The van der Waals surface area contributed by atoms with Crippen molar-refractivity contribution >= 4 is 0 Å². The Morgan fingerprint density at radius 3 is 2.54 bits per heavy atom. The van der Waals surface area contributed by atoms with Crippen LogP contribution in [-0.2, 0) is 4.74 Å². The molecule has 0 aromatic carbocycles. The highest BCUT2D eigenvalue weighted by Gasteiger charge is 2.22. The van der Waals surface area contributed by atoms with Gasteiger partial charge in [-0.15, -0.1) is 0 Å². The summed E-state index contributed by atoms with van der Waals surface area (Å²) in [7, 11) is 0. The van der Waals surface area contributed by atoms with Crippen LogP contribution >= 0.6 is 0 Å². The molecule has 0 aromatic heterocycles. The molecule has 0 aliphatic carbocycles. The fourth-order valence-corrected chi connectivity index (χ4v) is 1.88. The van der Waals surface area contributed by atoms with Gasteiger partial charge in [-0.1, -0.05) is 13.8 Å². The first kappa shape index (κ1) is 11.0. The van der Waals surface area contributed by atoms with E-state index in [-0.39, 0.29) is 0 Å². The van der Waals surface area contributed by atoms with Gasteiger partial charge in [0.1, 0.15) is 0 Å². The molecule has 2 heteroatoms. The van der Waals surface area contributed by atoms with E-state index in [0.29, 0.717) is 12.1 Å². The van der Waals surface area contributed by atoms with Gasteiger partial charge < -0.3 is 4.74 Å². The maximum Gasteiger partial charge on any atom is 0.0705 e. The van der Waals surface area contributed by atoms with Crippen LogP contribution in [0.4, 0.5) is 0 Å². The molecular weight excluding hydrogens is 162 g/mol. The molecule has 0 aromatic rings. The van der Waals surface area contributed by atoms with Crippen molar-refractivity contribution < 1.29 is 4.74 Å². The summed E-state index contributed by atoms with van der Waals surface area (Å²) in [5.74, 6) is 0.747. The summed E-state index contributed by atoms with van der Waals surface area (Å²) in [6.45, 7) is 12.2. The van der Waals surface area contributed by atoms with E-state index in [1.807, 2.05) is 0 Å². The Morgan fingerprint density at radius 1 is 1.31 bits per heavy atom. The molecule has 0 amide bonds. The molecule has 13 heavy (non-hydrogen) atoms. The van der Waals surface area contributed by atoms with Crippen molar-refractivity contribution in [2.24, 2.45) is 5.92 Å². The highest BCUT2D eigenvalue weighted by molar-refractivity contribution is 4.74. The Bertz CT molecular complexity index is 145. The lowest BCUT2D eigenvalue weighted by Gasteiger charge is -2.36. The van der Waals surface area contributed by atoms with Gasteiger partial charge in [0.2, 0.25) is 0 Å². The molecule has 1 heterocycles. The molecule has 1 aliphatic rings. The zero-order valence-electron chi connectivity index (χ0n) is 9.42. The Labute approximate surface area is 82.3 Å². The Kier molecular flexibility index (Phi) is 4.20. The van der Waals surface area contributed by atoms with Gasteiger partial charge in [-0.25, -0.2) is 0 Å². The van der Waals surface area contributed by atoms with Gasteiger partial charge in [-0.05, 0) is 26.2 Å². The molecule has 0 saturated carbocycles. The largest absolute Gasteiger partial charge is 0.376 e. The normalized spacial score (nSPS) is 25.8. The highest BCUT2D eigenvalue weighted by atomic mass is 16.5. The monoisotopic (exact) mass is 185 g/mol. The summed E-state index contributed by atoms with van der Waals surface area (Å²) >= 11 is 0. The second-order valence-corrected chi connectivity index (χ2v) is 4.71. The SMILES string of the molecule is CC(C)C[C@@H]1CN(C(C)C)CCO1. The molecule has 1 atom stereocenters. The second-order valence-electron chi connectivity index (χ2n) is 4.71. The number of nitrogens with zero attached hydrogens (tertiary/aromatic N) is 1. The third kappa shape index (κ3) is 3.65. The fourth-order valence-electron chi connectivity index (χ4n) is 1.88. The highest BCUT2D eigenvalue weighted by Crippen LogP contribution is 2.15. The summed E-state index contributed by atoms with van der Waals surface area (Å²) in [5.41, 5.74) is 0. The lowest BCUT2D eigenvalue weighted by molar-refractivity contribution is -0.0467. The Morgan fingerprint density at radius 2 is 2.00 bits per heavy atom. The Hall–Kier alpha value is -0.0800. The van der Waals surface area contributed by atoms with E-state index in [9.17, 15) is 0 Å². The maximum atomic E-state index is 5.73. The summed E-state index contributed by atoms with van der Waals surface area (Å²) < 4.78 is 5.73. The van der Waals surface area contributed by atoms with Crippen molar-refractivity contribution in [2.75, 3.05) is 19.7 Å². The first-order valence-corrected chi connectivity index (χ1v) is 5.45. The minimum absolute atomic E-state index is 0.469. The van der Waals surface area contributed by atoms with Gasteiger partial charge in [0.15, 0.2) is 0 Å². The van der Waals surface area contributed by atoms with Crippen molar-refractivity contribution in [2.45, 2.75) is 46.3 Å². The van der Waals surface area contributed by atoms with Crippen LogP contribution in [0.1, 0.15) is 34.1 Å². The lowest BCUT2D eigenvalue weighted by atomic mass is 10.0. The standard InChI is InChI=1S/C11H23NO/c1-9(2)7-11-8-12(10(3)4)5-6-13-11/h9-11H,5-8H2,1-4H3/t11-/m1/s1. The number of ether oxygens (including phenoxy) is 1. The van der Waals surface area contributed by atoms with Crippen molar-refractivity contribution in [3.63, 3.8) is 0 Å². The van der Waals surface area contributed by atoms with Gasteiger partial charge in [-0.3, -0.25) is 4.90 Å². The van der Waals surface area contributed by atoms with Crippen LogP contribution in [0.5, 0.6) is 0 Å². The Balaban J connectivity index is 2.33. The third-order valence-electron chi connectivity index (χ3n) is 2.63. The quantitative estimate of drug-likeness (QED) is 0.668. The molecule has 1 saturated heterocycles. The molecule has 0 N–H and O–H groups in total. The van der Waals surface area contributed by atoms with E-state index in [4.69, 9.17) is 4.74 Å². The average molecular weight is 185 g/mol. The van der Waals surface area contributed by atoms with Crippen molar-refractivity contribution in [1.82, 2.24) is 4.90 Å². The maximum absolute atomic E-state index is 5.73. The summed E-state index contributed by atoms with van der Waals surface area (Å²) in [6, 6.07) is 0.665. The summed E-state index contributed by atoms with van der Waals surface area (Å²) in [5, 5.41) is 0. The van der Waals surface area contributed by atoms with E-state index in [1.165, 1.54) is 6.42 Å². The minimum atomic E-state index is 0.469. The topological polar surface area (TPSA) is 12.5 Å². The van der Waals surface area contributed by atoms with Crippen molar-refractivity contribution in [1.29, 1.82) is 0 Å². The summed E-state index contributed by atoms with van der Waals surface area (Å²) in [4.78, 5) is 2.51. The predicted molar refractivity (Wildman–Crippen MR) is 55.9 cm³/mol. The molecule has 1 aliphatic heterocycles. The van der Waals surface area contributed by atoms with Crippen LogP contribution in [-0.4, -0.2) is 36.7 Å². The molecule has 0 bridgehead atoms. The van der Waals surface area contributed by atoms with Crippen LogP contribution in [0.2, 0.25) is 0 Å². The zero-order valence-corrected chi connectivity index (χ0v) is 9.42. The molecule has 78 valence electrons. The van der Waals surface area contributed by atoms with Gasteiger partial charge in [-0.2, -0.15) is 0 Å². The number of morpholine rings is 1. The number of rotatable bonds is 3. The lowest BCUT2D eigenvalue weighted by Crippen LogP contribution is -2.46. The number of hydrogen-bond acceptors (Lipinski definition) is 2. The van der Waals surface area contributed by atoms with Crippen LogP contribution < -0.4 is 0 Å². The third-order valence-corrected chi connectivity index (χ3v) is 2.63. The van der Waals surface area contributed by atoms with Gasteiger partial charge in [0.25, 0.3) is 0 Å². The predicted octanol–water partition coefficient (Wildman–Crippen LogP) is 2.14. The molecule has 1 rings (SSSR count). The van der Waals surface area contributed by atoms with E-state index >= 15 is 0 Å². The van der Waals surface area contributed by atoms with Crippen LogP contribution in [0, 0.1) is 5.92 Å². The first-order chi connectivity index (χ1) is 6.09. The smallest absolute Gasteiger partial charge is 0.0705 e. The van der Waals surface area contributed by atoms with E-state index in [2.05, 4.69) is 32.6 Å². The zero-order chi connectivity index (χ0) is 9.84.